The minimum Gasteiger partial charge on any atom is -0.744 e. The van der Waals surface area contributed by atoms with Gasteiger partial charge in [-0.2, -0.15) is 0 Å². The molecule has 0 aliphatic rings. The molecule has 0 aliphatic carbocycles. The van der Waals surface area contributed by atoms with Gasteiger partial charge in [0, 0.05) is 17.9 Å². The maximum atomic E-state index is 14.1. The average Bonchev–Trinajstić information content (AvgIpc) is 2.94. The van der Waals surface area contributed by atoms with Crippen LogP contribution < -0.4 is 18.9 Å². The third-order valence-electron chi connectivity index (χ3n) is 5.85. The summed E-state index contributed by atoms with van der Waals surface area (Å²) >= 11 is 10.0. The fraction of sp³-hybridized carbons (Fsp3) is 0.138. The van der Waals surface area contributed by atoms with E-state index in [2.05, 4.69) is 67.8 Å². The lowest BCUT2D eigenvalue weighted by atomic mass is 9.91. The lowest BCUT2D eigenvalue weighted by Crippen LogP contribution is -2.49. The number of rotatable bonds is 12. The molecule has 0 aromatic heterocycles. The number of halogens is 5. The predicted molar refractivity (Wildman–Crippen MR) is 202 cm³/mol. The first kappa shape index (κ1) is 35.2. The molecule has 0 N–H and O–H groups in total. The zero-order valence-corrected chi connectivity index (χ0v) is 33.4. The topological polar surface area (TPSA) is 111 Å². The van der Waals surface area contributed by atoms with Gasteiger partial charge in [-0.1, -0.05) is 0 Å². The van der Waals surface area contributed by atoms with Crippen LogP contribution in [-0.4, -0.2) is 38.8 Å². The maximum Gasteiger partial charge on any atom is 0.328 e. The van der Waals surface area contributed by atoms with Gasteiger partial charge >= 0.3 is 5.97 Å². The number of carbonyl (C=O) groups excluding carboxylic acids is 1. The molecule has 4 aromatic carbocycles. The molecule has 0 radical (unpaired) electrons. The smallest absolute Gasteiger partial charge is 0.328 e. The van der Waals surface area contributed by atoms with Crippen LogP contribution in [-0.2, 0) is 14.9 Å². The van der Waals surface area contributed by atoms with Gasteiger partial charge in [-0.15, -0.1) is 0 Å². The van der Waals surface area contributed by atoms with Crippen LogP contribution in [0.15, 0.2) is 89.8 Å². The van der Waals surface area contributed by atoms with Gasteiger partial charge in [-0.3, -0.25) is 4.79 Å². The van der Waals surface area contributed by atoms with Gasteiger partial charge in [0.1, 0.15) is 52.9 Å². The van der Waals surface area contributed by atoms with Crippen LogP contribution >= 0.6 is 113 Å². The van der Waals surface area contributed by atoms with Crippen LogP contribution in [0.25, 0.3) is 0 Å². The summed E-state index contributed by atoms with van der Waals surface area (Å²) in [7, 11) is -4.73. The van der Waals surface area contributed by atoms with Crippen LogP contribution in [0.2, 0.25) is 0 Å². The van der Waals surface area contributed by atoms with E-state index < -0.39 is 21.5 Å². The Hall–Kier alpha value is -0.690. The van der Waals surface area contributed by atoms with Crippen molar-refractivity contribution in [1.82, 2.24) is 0 Å². The summed E-state index contributed by atoms with van der Waals surface area (Å²) in [6, 6.07) is 24.7. The van der Waals surface area contributed by atoms with Crippen LogP contribution in [0.1, 0.15) is 0 Å². The molecule has 0 saturated heterocycles. The van der Waals surface area contributed by atoms with Crippen molar-refractivity contribution < 1.29 is 36.7 Å². The molecule has 0 atom stereocenters. The summed E-state index contributed by atoms with van der Waals surface area (Å²) in [6.45, 7) is -0.493. The van der Waals surface area contributed by atoms with Gasteiger partial charge in [-0.25, -0.2) is 8.42 Å². The lowest BCUT2D eigenvalue weighted by Gasteiger charge is -2.31. The Kier molecular flexibility index (Phi) is 12.9. The second-order valence-electron chi connectivity index (χ2n) is 9.07. The van der Waals surface area contributed by atoms with Gasteiger partial charge in [-0.05, 0) is 198 Å². The highest BCUT2D eigenvalue weighted by Gasteiger charge is 2.44. The van der Waals surface area contributed by atoms with E-state index in [0.29, 0.717) is 17.2 Å². The van der Waals surface area contributed by atoms with Crippen LogP contribution in [0.3, 0.4) is 0 Å². The van der Waals surface area contributed by atoms with Gasteiger partial charge < -0.3 is 23.5 Å². The second-order valence-corrected chi connectivity index (χ2v) is 16.4. The van der Waals surface area contributed by atoms with Crippen molar-refractivity contribution in [3.05, 3.63) is 103 Å². The lowest BCUT2D eigenvalue weighted by molar-refractivity contribution is -0.152. The van der Waals surface area contributed by atoms with E-state index in [9.17, 15) is 17.8 Å². The van der Waals surface area contributed by atoms with Crippen LogP contribution in [0, 0.1) is 23.3 Å². The molecule has 0 bridgehead atoms. The van der Waals surface area contributed by atoms with E-state index in [1.807, 2.05) is 36.4 Å². The molecular weight excluding hydrogens is 1140 g/mol. The van der Waals surface area contributed by atoms with E-state index in [1.54, 1.807) is 81.6 Å². The third kappa shape index (κ3) is 10.1. The van der Waals surface area contributed by atoms with Crippen LogP contribution in [0.5, 0.6) is 23.0 Å². The second kappa shape index (κ2) is 15.7. The molecule has 4 aromatic rings. The Bertz CT molecular complexity index is 1540. The number of hydrogen-bond donors (Lipinski definition) is 0. The standard InChI is InChI=1S/C29H21I5O8S/c30-18-1-7-21(8-2-18)39-15-29(16-40-22-9-3-19(31)4-10-22,17-41-23-11-5-20(32)6-12-23)28(35)42-24-13-25(33)27(26(34)14-24)43(36,37)38/h1-14H,15-17H2,(H,36,37,38)/p-1. The zero-order valence-electron chi connectivity index (χ0n) is 21.8. The molecule has 0 aliphatic heterocycles. The summed E-state index contributed by atoms with van der Waals surface area (Å²) in [5, 5.41) is 0. The summed E-state index contributed by atoms with van der Waals surface area (Å²) in [4.78, 5) is 13.7. The predicted octanol–water partition coefficient (Wildman–Crippen LogP) is 7.74. The molecule has 0 unspecified atom stereocenters. The van der Waals surface area contributed by atoms with E-state index in [4.69, 9.17) is 18.9 Å². The van der Waals surface area contributed by atoms with Gasteiger partial charge in [0.25, 0.3) is 0 Å². The van der Waals surface area contributed by atoms with E-state index in [0.717, 1.165) is 10.7 Å². The maximum absolute atomic E-state index is 14.1. The Morgan fingerprint density at radius 2 is 0.930 bits per heavy atom. The number of benzene rings is 4. The first-order chi connectivity index (χ1) is 20.3. The van der Waals surface area contributed by atoms with Crippen molar-refractivity contribution in [3.63, 3.8) is 0 Å². The quantitative estimate of drug-likeness (QED) is 0.0614. The van der Waals surface area contributed by atoms with Crippen LogP contribution in [0.4, 0.5) is 0 Å². The summed E-state index contributed by atoms with van der Waals surface area (Å²) in [5.41, 5.74) is -1.49. The third-order valence-corrected chi connectivity index (χ3v) is 11.4. The van der Waals surface area contributed by atoms with Gasteiger partial charge in [0.2, 0.25) is 0 Å². The van der Waals surface area contributed by atoms with E-state index in [-0.39, 0.29) is 37.6 Å². The minimum atomic E-state index is -4.73. The molecule has 4 rings (SSSR count). The number of esters is 1. The molecule has 226 valence electrons. The van der Waals surface area contributed by atoms with E-state index in [1.165, 1.54) is 12.1 Å². The van der Waals surface area contributed by atoms with Crippen molar-refractivity contribution in [1.29, 1.82) is 0 Å². The first-order valence-corrected chi connectivity index (χ1v) is 19.0. The molecule has 0 amide bonds. The Balaban J connectivity index is 1.71. The molecule has 43 heavy (non-hydrogen) atoms. The summed E-state index contributed by atoms with van der Waals surface area (Å²) in [5.74, 6) is 0.951. The number of ether oxygens (including phenoxy) is 4. The molecule has 0 heterocycles. The fourth-order valence-electron chi connectivity index (χ4n) is 3.61. The molecule has 0 spiro atoms. The first-order valence-electron chi connectivity index (χ1n) is 12.2. The highest BCUT2D eigenvalue weighted by Crippen LogP contribution is 2.32. The van der Waals surface area contributed by atoms with Crippen molar-refractivity contribution >= 4 is 129 Å². The van der Waals surface area contributed by atoms with Crippen molar-refractivity contribution in [2.24, 2.45) is 5.41 Å². The normalized spacial score (nSPS) is 11.6. The molecular formula is C29H20I5O8S-. The molecule has 14 heteroatoms. The monoisotopic (exact) mass is 1160 g/mol. The number of hydrogen-bond acceptors (Lipinski definition) is 8. The van der Waals surface area contributed by atoms with Crippen molar-refractivity contribution in [3.8, 4) is 23.0 Å². The average molecular weight is 1160 g/mol. The minimum absolute atomic E-state index is 0.0633. The molecule has 0 fully saturated rings. The Morgan fingerprint density at radius 3 is 1.23 bits per heavy atom. The van der Waals surface area contributed by atoms with Crippen molar-refractivity contribution in [2.75, 3.05) is 19.8 Å². The SMILES string of the molecule is O=C(Oc1cc(I)c(S(=O)(=O)[O-])c(I)c1)C(COc1ccc(I)cc1)(COc1ccc(I)cc1)COc1ccc(I)cc1. The van der Waals surface area contributed by atoms with Gasteiger partial charge in [0.05, 0.1) is 4.90 Å². The van der Waals surface area contributed by atoms with Gasteiger partial charge in [0.15, 0.2) is 5.41 Å². The van der Waals surface area contributed by atoms with E-state index >= 15 is 0 Å². The summed E-state index contributed by atoms with van der Waals surface area (Å²) < 4.78 is 62.8. The Labute approximate surface area is 317 Å². The number of carbonyl (C=O) groups is 1. The fourth-order valence-corrected chi connectivity index (χ4v) is 8.61. The Morgan fingerprint density at radius 1 is 0.605 bits per heavy atom. The highest BCUT2D eigenvalue weighted by molar-refractivity contribution is 14.1. The highest BCUT2D eigenvalue weighted by atomic mass is 127. The largest absolute Gasteiger partial charge is 0.744 e. The summed E-state index contributed by atoms with van der Waals surface area (Å²) in [6.07, 6.45) is 0. The zero-order chi connectivity index (χ0) is 31.2. The molecule has 8 nitrogen and oxygen atoms in total. The van der Waals surface area contributed by atoms with Crippen molar-refractivity contribution in [2.45, 2.75) is 4.90 Å². The molecule has 0 saturated carbocycles.